The molecule has 1 atom stereocenters. The lowest BCUT2D eigenvalue weighted by Gasteiger charge is -2.13. The quantitative estimate of drug-likeness (QED) is 0.861. The molecule has 1 N–H and O–H groups in total. The van der Waals surface area contributed by atoms with Crippen LogP contribution in [-0.4, -0.2) is 20.6 Å². The summed E-state index contributed by atoms with van der Waals surface area (Å²) in [5, 5.41) is 7.88. The van der Waals surface area contributed by atoms with Crippen LogP contribution >= 0.6 is 0 Å². The van der Waals surface area contributed by atoms with E-state index in [1.807, 2.05) is 29.6 Å². The summed E-state index contributed by atoms with van der Waals surface area (Å²) in [7, 11) is 0. The van der Waals surface area contributed by atoms with E-state index in [4.69, 9.17) is 0 Å². The summed E-state index contributed by atoms with van der Waals surface area (Å²) >= 11 is 0. The Bertz CT molecular complexity index is 489. The predicted molar refractivity (Wildman–Crippen MR) is 70.3 cm³/mol. The molecule has 2 aromatic rings. The van der Waals surface area contributed by atoms with Gasteiger partial charge in [-0.2, -0.15) is 4.98 Å². The van der Waals surface area contributed by atoms with Gasteiger partial charge < -0.3 is 5.32 Å². The summed E-state index contributed by atoms with van der Waals surface area (Å²) in [5.41, 5.74) is 2.01. The molecule has 0 amide bonds. The first-order valence-corrected chi connectivity index (χ1v) is 6.33. The molecule has 0 aliphatic heterocycles. The van der Waals surface area contributed by atoms with Gasteiger partial charge in [0, 0.05) is 11.7 Å². The van der Waals surface area contributed by atoms with Crippen LogP contribution in [0.1, 0.15) is 38.8 Å². The molecule has 0 aliphatic rings. The lowest BCUT2D eigenvalue weighted by atomic mass is 10.1. The summed E-state index contributed by atoms with van der Waals surface area (Å²) in [6.45, 7) is 6.43. The number of hydrogen-bond acceptors (Lipinski definition) is 3. The fraction of sp³-hybridized carbons (Fsp3) is 0.538. The highest BCUT2D eigenvalue weighted by atomic mass is 15.4. The van der Waals surface area contributed by atoms with Gasteiger partial charge in [-0.15, -0.1) is 5.10 Å². The molecule has 0 spiro atoms. The maximum absolute atomic E-state index is 4.48. The number of aryl methyl sites for hydroxylation is 1. The molecule has 0 aromatic carbocycles. The fourth-order valence-corrected chi connectivity index (χ4v) is 2.01. The van der Waals surface area contributed by atoms with E-state index in [1.165, 1.54) is 6.42 Å². The van der Waals surface area contributed by atoms with Crippen LogP contribution in [0.15, 0.2) is 18.2 Å². The van der Waals surface area contributed by atoms with Crippen molar-refractivity contribution in [2.24, 2.45) is 0 Å². The van der Waals surface area contributed by atoms with Crippen molar-refractivity contribution in [2.75, 3.05) is 5.32 Å². The Hall–Kier alpha value is -1.58. The third kappa shape index (κ3) is 2.57. The molecule has 0 fully saturated rings. The molecule has 92 valence electrons. The van der Waals surface area contributed by atoms with Crippen molar-refractivity contribution in [3.63, 3.8) is 0 Å². The Balaban J connectivity index is 2.21. The molecule has 2 rings (SSSR count). The van der Waals surface area contributed by atoms with Gasteiger partial charge in [0.2, 0.25) is 5.95 Å². The lowest BCUT2D eigenvalue weighted by molar-refractivity contribution is 0.617. The van der Waals surface area contributed by atoms with Crippen molar-refractivity contribution in [3.8, 4) is 0 Å². The topological polar surface area (TPSA) is 42.2 Å². The van der Waals surface area contributed by atoms with Crippen molar-refractivity contribution in [2.45, 2.75) is 46.1 Å². The molecule has 2 aromatic heterocycles. The molecule has 0 saturated heterocycles. The van der Waals surface area contributed by atoms with Gasteiger partial charge in [-0.05, 0) is 31.9 Å². The Morgan fingerprint density at radius 3 is 2.82 bits per heavy atom. The SMILES string of the molecule is CCCC(CC)Nc1nc2cccc(C)n2n1. The Labute approximate surface area is 102 Å². The zero-order chi connectivity index (χ0) is 12.3. The van der Waals surface area contributed by atoms with Gasteiger partial charge in [-0.25, -0.2) is 4.52 Å². The first-order valence-electron chi connectivity index (χ1n) is 6.33. The summed E-state index contributed by atoms with van der Waals surface area (Å²) in [4.78, 5) is 4.48. The maximum atomic E-state index is 4.48. The second-order valence-electron chi connectivity index (χ2n) is 4.41. The van der Waals surface area contributed by atoms with E-state index in [9.17, 15) is 0 Å². The minimum atomic E-state index is 0.470. The zero-order valence-corrected chi connectivity index (χ0v) is 10.8. The molecule has 1 unspecified atom stereocenters. The van der Waals surface area contributed by atoms with Gasteiger partial charge in [0.15, 0.2) is 5.65 Å². The van der Waals surface area contributed by atoms with E-state index in [-0.39, 0.29) is 0 Å². The summed E-state index contributed by atoms with van der Waals surface area (Å²) < 4.78 is 1.88. The Kier molecular flexibility index (Phi) is 3.61. The van der Waals surface area contributed by atoms with Crippen molar-refractivity contribution in [1.82, 2.24) is 14.6 Å². The van der Waals surface area contributed by atoms with Crippen LogP contribution in [0, 0.1) is 6.92 Å². The third-order valence-electron chi connectivity index (χ3n) is 3.01. The molecule has 4 nitrogen and oxygen atoms in total. The normalized spacial score (nSPS) is 12.9. The van der Waals surface area contributed by atoms with E-state index in [1.54, 1.807) is 0 Å². The summed E-state index contributed by atoms with van der Waals surface area (Å²) in [6, 6.07) is 6.49. The van der Waals surface area contributed by atoms with Gasteiger partial charge in [-0.1, -0.05) is 26.3 Å². The lowest BCUT2D eigenvalue weighted by Crippen LogP contribution is -2.18. The molecule has 0 radical (unpaired) electrons. The first kappa shape index (κ1) is 11.9. The molecular weight excluding hydrogens is 212 g/mol. The molecule has 2 heterocycles. The number of pyridine rings is 1. The van der Waals surface area contributed by atoms with Gasteiger partial charge in [0.25, 0.3) is 0 Å². The molecule has 0 saturated carbocycles. The standard InChI is InChI=1S/C13H20N4/c1-4-7-11(5-2)14-13-15-12-9-6-8-10(3)17(12)16-13/h6,8-9,11H,4-5,7H2,1-3H3,(H,14,16). The minimum absolute atomic E-state index is 0.470. The van der Waals surface area contributed by atoms with E-state index in [0.717, 1.165) is 30.1 Å². The van der Waals surface area contributed by atoms with Crippen LogP contribution < -0.4 is 5.32 Å². The highest BCUT2D eigenvalue weighted by Gasteiger charge is 2.09. The zero-order valence-electron chi connectivity index (χ0n) is 10.8. The van der Waals surface area contributed by atoms with Crippen LogP contribution in [0.5, 0.6) is 0 Å². The fourth-order valence-electron chi connectivity index (χ4n) is 2.01. The summed E-state index contributed by atoms with van der Waals surface area (Å²) in [5.74, 6) is 0.736. The molecular formula is C13H20N4. The van der Waals surface area contributed by atoms with Crippen molar-refractivity contribution < 1.29 is 0 Å². The second-order valence-corrected chi connectivity index (χ2v) is 4.41. The van der Waals surface area contributed by atoms with Crippen LogP contribution in [0.3, 0.4) is 0 Å². The van der Waals surface area contributed by atoms with E-state index in [0.29, 0.717) is 6.04 Å². The minimum Gasteiger partial charge on any atom is -0.350 e. The smallest absolute Gasteiger partial charge is 0.243 e. The van der Waals surface area contributed by atoms with Crippen LogP contribution in [-0.2, 0) is 0 Å². The van der Waals surface area contributed by atoms with Crippen LogP contribution in [0.4, 0.5) is 5.95 Å². The molecule has 4 heteroatoms. The number of hydrogen-bond donors (Lipinski definition) is 1. The van der Waals surface area contributed by atoms with E-state index < -0.39 is 0 Å². The highest BCUT2D eigenvalue weighted by Crippen LogP contribution is 2.12. The maximum Gasteiger partial charge on any atom is 0.243 e. The number of nitrogens with zero attached hydrogens (tertiary/aromatic N) is 3. The van der Waals surface area contributed by atoms with E-state index >= 15 is 0 Å². The van der Waals surface area contributed by atoms with Crippen LogP contribution in [0.25, 0.3) is 5.65 Å². The van der Waals surface area contributed by atoms with Crippen molar-refractivity contribution in [3.05, 3.63) is 23.9 Å². The second kappa shape index (κ2) is 5.17. The van der Waals surface area contributed by atoms with E-state index in [2.05, 4.69) is 29.2 Å². The monoisotopic (exact) mass is 232 g/mol. The Morgan fingerprint density at radius 1 is 1.35 bits per heavy atom. The van der Waals surface area contributed by atoms with Crippen LogP contribution in [0.2, 0.25) is 0 Å². The number of fused-ring (bicyclic) bond motifs is 1. The number of anilines is 1. The highest BCUT2D eigenvalue weighted by molar-refractivity contribution is 5.44. The number of nitrogens with one attached hydrogen (secondary N) is 1. The average molecular weight is 232 g/mol. The predicted octanol–water partition coefficient (Wildman–Crippen LogP) is 3.03. The van der Waals surface area contributed by atoms with Gasteiger partial charge in [-0.3, -0.25) is 0 Å². The average Bonchev–Trinajstić information content (AvgIpc) is 2.72. The third-order valence-corrected chi connectivity index (χ3v) is 3.01. The van der Waals surface area contributed by atoms with Crippen molar-refractivity contribution in [1.29, 1.82) is 0 Å². The largest absolute Gasteiger partial charge is 0.350 e. The number of aromatic nitrogens is 3. The molecule has 0 aliphatic carbocycles. The van der Waals surface area contributed by atoms with Gasteiger partial charge in [0.1, 0.15) is 0 Å². The molecule has 17 heavy (non-hydrogen) atoms. The van der Waals surface area contributed by atoms with Crippen molar-refractivity contribution >= 4 is 11.6 Å². The first-order chi connectivity index (χ1) is 8.24. The molecule has 0 bridgehead atoms. The summed E-state index contributed by atoms with van der Waals surface area (Å²) in [6.07, 6.45) is 3.44. The number of rotatable bonds is 5. The Morgan fingerprint density at radius 2 is 2.18 bits per heavy atom. The van der Waals surface area contributed by atoms with Gasteiger partial charge >= 0.3 is 0 Å². The van der Waals surface area contributed by atoms with Gasteiger partial charge in [0.05, 0.1) is 0 Å².